The van der Waals surface area contributed by atoms with Crippen LogP contribution < -0.4 is 0 Å². The lowest BCUT2D eigenvalue weighted by molar-refractivity contribution is -0.149. The Balaban J connectivity index is 3.27. The summed E-state index contributed by atoms with van der Waals surface area (Å²) >= 11 is 0. The van der Waals surface area contributed by atoms with E-state index in [0.717, 1.165) is 32.1 Å². The zero-order valence-electron chi connectivity index (χ0n) is 18.3. The predicted molar refractivity (Wildman–Crippen MR) is 115 cm³/mol. The van der Waals surface area contributed by atoms with Gasteiger partial charge in [0.05, 0.1) is 12.5 Å². The van der Waals surface area contributed by atoms with Gasteiger partial charge in [-0.15, -0.1) is 0 Å². The molecule has 0 aromatic rings. The van der Waals surface area contributed by atoms with Crippen molar-refractivity contribution < 1.29 is 9.53 Å². The molecule has 26 heavy (non-hydrogen) atoms. The number of hydrogen-bond acceptors (Lipinski definition) is 2. The molecule has 0 radical (unpaired) electrons. The minimum atomic E-state index is 0.0376. The molecule has 1 atom stereocenters. The Morgan fingerprint density at radius 1 is 0.615 bits per heavy atom. The average Bonchev–Trinajstić information content (AvgIpc) is 2.65. The highest BCUT2D eigenvalue weighted by molar-refractivity contribution is 5.72. The molecule has 0 aliphatic heterocycles. The molecule has 0 amide bonds. The first-order valence-corrected chi connectivity index (χ1v) is 11.9. The second kappa shape index (κ2) is 20.8. The minimum absolute atomic E-state index is 0.0376. The molecular weight excluding hydrogens is 320 g/mol. The molecule has 0 aromatic carbocycles. The summed E-state index contributed by atoms with van der Waals surface area (Å²) in [4.78, 5) is 12.0. The van der Waals surface area contributed by atoms with Gasteiger partial charge in [-0.05, 0) is 19.3 Å². The summed E-state index contributed by atoms with van der Waals surface area (Å²) in [6.45, 7) is 7.17. The van der Waals surface area contributed by atoms with Crippen LogP contribution in [0.3, 0.4) is 0 Å². The molecular formula is C24H48O2. The molecule has 0 rings (SSSR count). The molecule has 2 heteroatoms. The van der Waals surface area contributed by atoms with Crippen LogP contribution in [0.5, 0.6) is 0 Å². The van der Waals surface area contributed by atoms with Crippen LogP contribution in [0.25, 0.3) is 0 Å². The first-order chi connectivity index (χ1) is 12.8. The molecule has 0 aliphatic carbocycles. The standard InChI is InChI=1S/C24H48O2/c1-4-7-9-10-11-12-13-14-15-16-17-18-19-20-22-26-24(25)23(6-3)21-8-5-2/h23H,4-22H2,1-3H3. The number of hydrogen-bond donors (Lipinski definition) is 0. The van der Waals surface area contributed by atoms with Crippen molar-refractivity contribution >= 4 is 5.97 Å². The van der Waals surface area contributed by atoms with Gasteiger partial charge in [-0.3, -0.25) is 4.79 Å². The summed E-state index contributed by atoms with van der Waals surface area (Å²) in [6.07, 6.45) is 23.2. The summed E-state index contributed by atoms with van der Waals surface area (Å²) in [5, 5.41) is 0. The first kappa shape index (κ1) is 25.5. The third-order valence-electron chi connectivity index (χ3n) is 5.47. The van der Waals surface area contributed by atoms with E-state index in [1.165, 1.54) is 83.5 Å². The minimum Gasteiger partial charge on any atom is -0.465 e. The van der Waals surface area contributed by atoms with E-state index in [4.69, 9.17) is 4.74 Å². The van der Waals surface area contributed by atoms with E-state index in [-0.39, 0.29) is 11.9 Å². The zero-order valence-corrected chi connectivity index (χ0v) is 18.3. The van der Waals surface area contributed by atoms with Gasteiger partial charge < -0.3 is 4.74 Å². The van der Waals surface area contributed by atoms with Crippen molar-refractivity contribution in [2.75, 3.05) is 6.61 Å². The van der Waals surface area contributed by atoms with Gasteiger partial charge in [0, 0.05) is 0 Å². The number of carbonyl (C=O) groups is 1. The molecule has 156 valence electrons. The normalized spacial score (nSPS) is 12.3. The van der Waals surface area contributed by atoms with Gasteiger partial charge in [0.2, 0.25) is 0 Å². The summed E-state index contributed by atoms with van der Waals surface area (Å²) in [7, 11) is 0. The zero-order chi connectivity index (χ0) is 19.3. The van der Waals surface area contributed by atoms with Crippen LogP contribution >= 0.6 is 0 Å². The molecule has 0 aromatic heterocycles. The number of esters is 1. The van der Waals surface area contributed by atoms with E-state index in [2.05, 4.69) is 20.8 Å². The van der Waals surface area contributed by atoms with Crippen LogP contribution in [0.2, 0.25) is 0 Å². The molecule has 1 unspecified atom stereocenters. The molecule has 0 spiro atoms. The Morgan fingerprint density at radius 2 is 1.04 bits per heavy atom. The third-order valence-corrected chi connectivity index (χ3v) is 5.47. The van der Waals surface area contributed by atoms with Crippen molar-refractivity contribution in [1.29, 1.82) is 0 Å². The Morgan fingerprint density at radius 3 is 1.46 bits per heavy atom. The van der Waals surface area contributed by atoms with E-state index in [1.807, 2.05) is 0 Å². The quantitative estimate of drug-likeness (QED) is 0.160. The molecule has 0 heterocycles. The van der Waals surface area contributed by atoms with Crippen LogP contribution in [-0.2, 0) is 9.53 Å². The van der Waals surface area contributed by atoms with E-state index in [0.29, 0.717) is 6.61 Å². The highest BCUT2D eigenvalue weighted by Crippen LogP contribution is 2.15. The monoisotopic (exact) mass is 368 g/mol. The Kier molecular flexibility index (Phi) is 20.4. The lowest BCUT2D eigenvalue weighted by Gasteiger charge is -2.13. The number of carbonyl (C=O) groups excluding carboxylic acids is 1. The van der Waals surface area contributed by atoms with Crippen LogP contribution in [0.15, 0.2) is 0 Å². The molecule has 0 bridgehead atoms. The van der Waals surface area contributed by atoms with Crippen LogP contribution in [-0.4, -0.2) is 12.6 Å². The van der Waals surface area contributed by atoms with Gasteiger partial charge >= 0.3 is 5.97 Å². The molecule has 0 aliphatic rings. The molecule has 0 N–H and O–H groups in total. The van der Waals surface area contributed by atoms with Gasteiger partial charge in [-0.2, -0.15) is 0 Å². The van der Waals surface area contributed by atoms with Crippen molar-refractivity contribution in [2.24, 2.45) is 5.92 Å². The Labute approximate surface area is 164 Å². The smallest absolute Gasteiger partial charge is 0.308 e. The fraction of sp³-hybridized carbons (Fsp3) is 0.958. The van der Waals surface area contributed by atoms with Gasteiger partial charge in [-0.1, -0.05) is 117 Å². The highest BCUT2D eigenvalue weighted by Gasteiger charge is 2.16. The van der Waals surface area contributed by atoms with E-state index < -0.39 is 0 Å². The SMILES string of the molecule is CCCCCCCCCCCCCCCCOC(=O)C(CC)CCCC. The molecule has 0 saturated heterocycles. The Hall–Kier alpha value is -0.530. The summed E-state index contributed by atoms with van der Waals surface area (Å²) in [5.74, 6) is 0.164. The van der Waals surface area contributed by atoms with E-state index in [9.17, 15) is 4.79 Å². The van der Waals surface area contributed by atoms with Gasteiger partial charge in [0.25, 0.3) is 0 Å². The number of unbranched alkanes of at least 4 members (excludes halogenated alkanes) is 14. The molecule has 0 saturated carbocycles. The average molecular weight is 369 g/mol. The maximum atomic E-state index is 12.0. The summed E-state index contributed by atoms with van der Waals surface area (Å²) in [6, 6.07) is 0. The number of ether oxygens (including phenoxy) is 1. The molecule has 0 fully saturated rings. The van der Waals surface area contributed by atoms with Crippen molar-refractivity contribution in [3.63, 3.8) is 0 Å². The lowest BCUT2D eigenvalue weighted by Crippen LogP contribution is -2.17. The fourth-order valence-electron chi connectivity index (χ4n) is 3.53. The maximum absolute atomic E-state index is 12.0. The Bertz CT molecular complexity index is 288. The van der Waals surface area contributed by atoms with Gasteiger partial charge in [-0.25, -0.2) is 0 Å². The largest absolute Gasteiger partial charge is 0.465 e. The lowest BCUT2D eigenvalue weighted by atomic mass is 10.00. The topological polar surface area (TPSA) is 26.3 Å². The fourth-order valence-corrected chi connectivity index (χ4v) is 3.53. The summed E-state index contributed by atoms with van der Waals surface area (Å²) in [5.41, 5.74) is 0. The number of rotatable bonds is 20. The van der Waals surface area contributed by atoms with Gasteiger partial charge in [0.15, 0.2) is 0 Å². The molecule has 2 nitrogen and oxygen atoms in total. The third kappa shape index (κ3) is 16.9. The van der Waals surface area contributed by atoms with E-state index in [1.54, 1.807) is 0 Å². The van der Waals surface area contributed by atoms with Crippen molar-refractivity contribution in [1.82, 2.24) is 0 Å². The van der Waals surface area contributed by atoms with E-state index >= 15 is 0 Å². The van der Waals surface area contributed by atoms with Crippen LogP contribution in [0.1, 0.15) is 136 Å². The van der Waals surface area contributed by atoms with Crippen molar-refractivity contribution in [3.05, 3.63) is 0 Å². The highest BCUT2D eigenvalue weighted by atomic mass is 16.5. The van der Waals surface area contributed by atoms with Crippen molar-refractivity contribution in [2.45, 2.75) is 136 Å². The second-order valence-corrected chi connectivity index (χ2v) is 8.01. The van der Waals surface area contributed by atoms with Crippen LogP contribution in [0.4, 0.5) is 0 Å². The van der Waals surface area contributed by atoms with Gasteiger partial charge in [0.1, 0.15) is 0 Å². The predicted octanol–water partition coefficient (Wildman–Crippen LogP) is 8.23. The second-order valence-electron chi connectivity index (χ2n) is 8.01. The van der Waals surface area contributed by atoms with Crippen LogP contribution in [0, 0.1) is 5.92 Å². The summed E-state index contributed by atoms with van der Waals surface area (Å²) < 4.78 is 5.46. The maximum Gasteiger partial charge on any atom is 0.308 e. The first-order valence-electron chi connectivity index (χ1n) is 11.9. The van der Waals surface area contributed by atoms with Crippen molar-refractivity contribution in [3.8, 4) is 0 Å².